The van der Waals surface area contributed by atoms with Gasteiger partial charge in [0.25, 0.3) is 0 Å². The summed E-state index contributed by atoms with van der Waals surface area (Å²) in [6.45, 7) is -0.0461. The number of benzene rings is 2. The topological polar surface area (TPSA) is 58.2 Å². The van der Waals surface area contributed by atoms with Gasteiger partial charge in [-0.25, -0.2) is 0 Å². The quantitative estimate of drug-likeness (QED) is 0.758. The van der Waals surface area contributed by atoms with Gasteiger partial charge in [0, 0.05) is 9.37 Å². The molecular weight excluding hydrogens is 364 g/mol. The van der Waals surface area contributed by atoms with Gasteiger partial charge in [0.1, 0.15) is 0 Å². The van der Waals surface area contributed by atoms with Crippen molar-refractivity contribution in [1.29, 1.82) is 0 Å². The van der Waals surface area contributed by atoms with Crippen LogP contribution in [0.4, 0.5) is 5.69 Å². The van der Waals surface area contributed by atoms with Crippen molar-refractivity contribution >= 4 is 45.2 Å². The van der Waals surface area contributed by atoms with Crippen LogP contribution in [-0.4, -0.2) is 24.1 Å². The maximum atomic E-state index is 11.8. The van der Waals surface area contributed by atoms with Gasteiger partial charge in [-0.1, -0.05) is 30.3 Å². The van der Waals surface area contributed by atoms with Crippen LogP contribution < -0.4 is 10.6 Å². The summed E-state index contributed by atoms with van der Waals surface area (Å²) < 4.78 is 0.800. The second kappa shape index (κ2) is 8.60. The van der Waals surface area contributed by atoms with Crippen molar-refractivity contribution in [2.45, 2.75) is 4.90 Å². The maximum absolute atomic E-state index is 11.8. The molecule has 0 aliphatic heterocycles. The largest absolute Gasteiger partial charge is 0.346 e. The monoisotopic (exact) mass is 378 g/mol. The first-order valence-corrected chi connectivity index (χ1v) is 8.42. The highest BCUT2D eigenvalue weighted by atomic mass is 79.9. The number of thioether (sulfide) groups is 1. The summed E-state index contributed by atoms with van der Waals surface area (Å²) >= 11 is 4.79. The number of halogens is 1. The molecule has 2 aromatic carbocycles. The second-order valence-electron chi connectivity index (χ2n) is 4.41. The Hall–Kier alpha value is -1.79. The van der Waals surface area contributed by atoms with Crippen LogP contribution in [0.2, 0.25) is 0 Å². The van der Waals surface area contributed by atoms with Crippen molar-refractivity contribution in [3.63, 3.8) is 0 Å². The molecule has 22 heavy (non-hydrogen) atoms. The number of rotatable bonds is 6. The van der Waals surface area contributed by atoms with Crippen molar-refractivity contribution in [2.24, 2.45) is 0 Å². The summed E-state index contributed by atoms with van der Waals surface area (Å²) in [6, 6.07) is 17.0. The van der Waals surface area contributed by atoms with Crippen molar-refractivity contribution in [2.75, 3.05) is 17.6 Å². The molecule has 0 aromatic heterocycles. The summed E-state index contributed by atoms with van der Waals surface area (Å²) in [5.41, 5.74) is 0.681. The number of hydrogen-bond acceptors (Lipinski definition) is 3. The highest BCUT2D eigenvalue weighted by Crippen LogP contribution is 2.20. The molecule has 0 aliphatic carbocycles. The lowest BCUT2D eigenvalue weighted by atomic mass is 10.3. The van der Waals surface area contributed by atoms with Crippen LogP contribution in [-0.2, 0) is 9.59 Å². The highest BCUT2D eigenvalue weighted by Gasteiger charge is 2.08. The van der Waals surface area contributed by atoms with Crippen molar-refractivity contribution in [1.82, 2.24) is 5.32 Å². The summed E-state index contributed by atoms with van der Waals surface area (Å²) in [6.07, 6.45) is 0. The average molecular weight is 379 g/mol. The fourth-order valence-electron chi connectivity index (χ4n) is 1.65. The fourth-order valence-corrected chi connectivity index (χ4v) is 2.79. The lowest BCUT2D eigenvalue weighted by molar-refractivity contribution is -0.122. The molecule has 2 aromatic rings. The third kappa shape index (κ3) is 5.54. The van der Waals surface area contributed by atoms with E-state index in [0.717, 1.165) is 9.37 Å². The smallest absolute Gasteiger partial charge is 0.243 e. The standard InChI is InChI=1S/C16H15BrN2O2S/c17-13-8-4-5-9-14(13)19-15(20)10-18-16(21)11-22-12-6-2-1-3-7-12/h1-9H,10-11H2,(H,18,21)(H,19,20). The molecule has 2 rings (SSSR count). The number of nitrogens with one attached hydrogen (secondary N) is 2. The van der Waals surface area contributed by atoms with E-state index in [4.69, 9.17) is 0 Å². The van der Waals surface area contributed by atoms with Crippen LogP contribution >= 0.6 is 27.7 Å². The molecule has 0 unspecified atom stereocenters. The van der Waals surface area contributed by atoms with Gasteiger partial charge >= 0.3 is 0 Å². The summed E-state index contributed by atoms with van der Waals surface area (Å²) in [4.78, 5) is 24.5. The lowest BCUT2D eigenvalue weighted by Gasteiger charge is -2.08. The van der Waals surface area contributed by atoms with E-state index >= 15 is 0 Å². The summed E-state index contributed by atoms with van der Waals surface area (Å²) in [5, 5.41) is 5.34. The molecule has 2 amide bonds. The van der Waals surface area contributed by atoms with Crippen molar-refractivity contribution in [3.8, 4) is 0 Å². The van der Waals surface area contributed by atoms with Gasteiger partial charge in [-0.3, -0.25) is 9.59 Å². The Morgan fingerprint density at radius 1 is 0.955 bits per heavy atom. The number of amides is 2. The fraction of sp³-hybridized carbons (Fsp3) is 0.125. The molecule has 6 heteroatoms. The number of carbonyl (C=O) groups excluding carboxylic acids is 2. The number of hydrogen-bond donors (Lipinski definition) is 2. The summed E-state index contributed by atoms with van der Waals surface area (Å²) in [7, 11) is 0. The van der Waals surface area contributed by atoms with Crippen LogP contribution in [0.5, 0.6) is 0 Å². The Labute approximate surface area is 141 Å². The van der Waals surface area contributed by atoms with E-state index < -0.39 is 0 Å². The molecule has 114 valence electrons. The average Bonchev–Trinajstić information content (AvgIpc) is 2.54. The number of carbonyl (C=O) groups is 2. The first kappa shape index (κ1) is 16.6. The van der Waals surface area contributed by atoms with E-state index in [0.29, 0.717) is 5.69 Å². The Kier molecular flexibility index (Phi) is 6.48. The molecule has 0 heterocycles. The van der Waals surface area contributed by atoms with Crippen molar-refractivity contribution in [3.05, 3.63) is 59.1 Å². The molecule has 0 atom stereocenters. The van der Waals surface area contributed by atoms with Gasteiger partial charge in [-0.05, 0) is 40.2 Å². The van der Waals surface area contributed by atoms with E-state index in [1.54, 1.807) is 6.07 Å². The Bertz CT molecular complexity index is 650. The van der Waals surface area contributed by atoms with Gasteiger partial charge in [0.2, 0.25) is 11.8 Å². The van der Waals surface area contributed by atoms with Crippen LogP contribution in [0.3, 0.4) is 0 Å². The van der Waals surface area contributed by atoms with Gasteiger partial charge in [-0.15, -0.1) is 11.8 Å². The molecule has 0 saturated carbocycles. The van der Waals surface area contributed by atoms with Gasteiger partial charge in [0.05, 0.1) is 18.0 Å². The molecule has 0 spiro atoms. The normalized spacial score (nSPS) is 10.0. The molecule has 0 aliphatic rings. The zero-order chi connectivity index (χ0) is 15.8. The molecular formula is C16H15BrN2O2S. The van der Waals surface area contributed by atoms with Gasteiger partial charge in [0.15, 0.2) is 0 Å². The first-order valence-electron chi connectivity index (χ1n) is 6.64. The minimum absolute atomic E-state index is 0.0461. The van der Waals surface area contributed by atoms with Gasteiger partial charge in [-0.2, -0.15) is 0 Å². The van der Waals surface area contributed by atoms with Crippen LogP contribution in [0.15, 0.2) is 64.0 Å². The zero-order valence-electron chi connectivity index (χ0n) is 11.7. The third-order valence-corrected chi connectivity index (χ3v) is 4.41. The molecule has 0 radical (unpaired) electrons. The van der Waals surface area contributed by atoms with E-state index in [9.17, 15) is 9.59 Å². The van der Waals surface area contributed by atoms with E-state index in [1.807, 2.05) is 48.5 Å². The first-order chi connectivity index (χ1) is 10.6. The SMILES string of the molecule is O=C(CSc1ccccc1)NCC(=O)Nc1ccccc1Br. The third-order valence-electron chi connectivity index (χ3n) is 2.71. The van der Waals surface area contributed by atoms with E-state index in [1.165, 1.54) is 11.8 Å². The molecule has 0 bridgehead atoms. The van der Waals surface area contributed by atoms with Crippen LogP contribution in [0, 0.1) is 0 Å². The molecule has 0 saturated heterocycles. The number of anilines is 1. The summed E-state index contributed by atoms with van der Waals surface area (Å²) in [5.74, 6) is -0.145. The molecule has 0 fully saturated rings. The predicted octanol–water partition coefficient (Wildman–Crippen LogP) is 3.30. The zero-order valence-corrected chi connectivity index (χ0v) is 14.1. The predicted molar refractivity (Wildman–Crippen MR) is 92.9 cm³/mol. The Balaban J connectivity index is 1.72. The second-order valence-corrected chi connectivity index (χ2v) is 6.31. The number of para-hydroxylation sites is 1. The van der Waals surface area contributed by atoms with Crippen LogP contribution in [0.1, 0.15) is 0 Å². The molecule has 2 N–H and O–H groups in total. The van der Waals surface area contributed by atoms with E-state index in [-0.39, 0.29) is 24.1 Å². The minimum Gasteiger partial charge on any atom is -0.346 e. The highest BCUT2D eigenvalue weighted by molar-refractivity contribution is 9.10. The van der Waals surface area contributed by atoms with Gasteiger partial charge < -0.3 is 10.6 Å². The molecule has 4 nitrogen and oxygen atoms in total. The van der Waals surface area contributed by atoms with E-state index in [2.05, 4.69) is 26.6 Å². The maximum Gasteiger partial charge on any atom is 0.243 e. The van der Waals surface area contributed by atoms with Crippen molar-refractivity contribution < 1.29 is 9.59 Å². The Morgan fingerprint density at radius 3 is 2.36 bits per heavy atom. The van der Waals surface area contributed by atoms with Crippen LogP contribution in [0.25, 0.3) is 0 Å². The minimum atomic E-state index is -0.259. The Morgan fingerprint density at radius 2 is 1.64 bits per heavy atom. The lowest BCUT2D eigenvalue weighted by Crippen LogP contribution is -2.33.